The zero-order valence-corrected chi connectivity index (χ0v) is 13.3. The topological polar surface area (TPSA) is 103 Å². The van der Waals surface area contributed by atoms with E-state index < -0.39 is 14.9 Å². The first-order valence-electron chi connectivity index (χ1n) is 5.78. The highest BCUT2D eigenvalue weighted by Gasteiger charge is 2.16. The van der Waals surface area contributed by atoms with Gasteiger partial charge in [-0.25, -0.2) is 13.6 Å². The minimum absolute atomic E-state index is 0.0453. The van der Waals surface area contributed by atoms with E-state index in [1.54, 1.807) is 13.0 Å². The molecule has 8 heteroatoms. The molecule has 0 aliphatic rings. The molecule has 0 amide bonds. The van der Waals surface area contributed by atoms with Gasteiger partial charge in [-0.3, -0.25) is 10.1 Å². The molecule has 0 heterocycles. The number of sulfonamides is 1. The second-order valence-electron chi connectivity index (χ2n) is 4.45. The summed E-state index contributed by atoms with van der Waals surface area (Å²) in [7, 11) is -3.83. The zero-order chi connectivity index (χ0) is 15.8. The van der Waals surface area contributed by atoms with Gasteiger partial charge in [-0.2, -0.15) is 0 Å². The van der Waals surface area contributed by atoms with Crippen LogP contribution in [0.5, 0.6) is 0 Å². The van der Waals surface area contributed by atoms with Crippen LogP contribution in [0.15, 0.2) is 45.8 Å². The first kappa shape index (κ1) is 15.6. The molecule has 0 fully saturated rings. The highest BCUT2D eigenvalue weighted by molar-refractivity contribution is 9.10. The first-order chi connectivity index (χ1) is 9.70. The molecule has 2 N–H and O–H groups in total. The second-order valence-corrected chi connectivity index (χ2v) is 6.81. The molecular weight excluding hydrogens is 360 g/mol. The van der Waals surface area contributed by atoms with E-state index in [1.165, 1.54) is 30.3 Å². The monoisotopic (exact) mass is 370 g/mol. The molecule has 0 radical (unpaired) electrons. The molecule has 110 valence electrons. The number of halogens is 1. The fraction of sp³-hybridized carbons (Fsp3) is 0.0769. The van der Waals surface area contributed by atoms with Crippen molar-refractivity contribution in [3.05, 3.63) is 56.5 Å². The largest absolute Gasteiger partial charge is 0.270 e. The van der Waals surface area contributed by atoms with Gasteiger partial charge < -0.3 is 0 Å². The van der Waals surface area contributed by atoms with Crippen LogP contribution in [-0.4, -0.2) is 13.3 Å². The van der Waals surface area contributed by atoms with E-state index in [-0.39, 0.29) is 10.6 Å². The van der Waals surface area contributed by atoms with Gasteiger partial charge in [-0.1, -0.05) is 12.1 Å². The number of hydrogen-bond donors (Lipinski definition) is 1. The Hall–Kier alpha value is -1.77. The lowest BCUT2D eigenvalue weighted by atomic mass is 10.0. The van der Waals surface area contributed by atoms with E-state index in [2.05, 4.69) is 15.9 Å². The van der Waals surface area contributed by atoms with Gasteiger partial charge >= 0.3 is 0 Å². The molecule has 0 aliphatic heterocycles. The van der Waals surface area contributed by atoms with Gasteiger partial charge in [0.05, 0.1) is 9.82 Å². The summed E-state index contributed by atoms with van der Waals surface area (Å²) in [5.41, 5.74) is 1.68. The van der Waals surface area contributed by atoms with Crippen molar-refractivity contribution in [2.24, 2.45) is 5.14 Å². The lowest BCUT2D eigenvalue weighted by Crippen LogP contribution is -2.11. The fourth-order valence-electron chi connectivity index (χ4n) is 1.91. The summed E-state index contributed by atoms with van der Waals surface area (Å²) < 4.78 is 23.5. The summed E-state index contributed by atoms with van der Waals surface area (Å²) in [4.78, 5) is 10.4. The Morgan fingerprint density at radius 1 is 1.24 bits per heavy atom. The predicted molar refractivity (Wildman–Crippen MR) is 82.3 cm³/mol. The number of non-ortho nitro benzene ring substituents is 1. The van der Waals surface area contributed by atoms with Crippen LogP contribution in [0.2, 0.25) is 0 Å². The number of rotatable bonds is 3. The number of nitrogens with two attached hydrogens (primary N) is 1. The van der Waals surface area contributed by atoms with Crippen molar-refractivity contribution >= 4 is 31.6 Å². The lowest BCUT2D eigenvalue weighted by Gasteiger charge is -2.09. The van der Waals surface area contributed by atoms with Crippen molar-refractivity contribution in [3.8, 4) is 11.1 Å². The zero-order valence-electron chi connectivity index (χ0n) is 10.9. The van der Waals surface area contributed by atoms with Crippen molar-refractivity contribution in [2.45, 2.75) is 11.8 Å². The van der Waals surface area contributed by atoms with Crippen molar-refractivity contribution in [2.75, 3.05) is 0 Å². The highest BCUT2D eigenvalue weighted by atomic mass is 79.9. The normalized spacial score (nSPS) is 11.4. The second kappa shape index (κ2) is 5.55. The number of nitro groups is 1. The van der Waals surface area contributed by atoms with Crippen molar-refractivity contribution in [3.63, 3.8) is 0 Å². The third-order valence-electron chi connectivity index (χ3n) is 2.92. The number of nitrogens with zero attached hydrogens (tertiary/aromatic N) is 1. The predicted octanol–water partition coefficient (Wildman–Crippen LogP) is 2.98. The molecular formula is C13H11BrN2O4S. The van der Waals surface area contributed by atoms with Crippen LogP contribution >= 0.6 is 15.9 Å². The van der Waals surface area contributed by atoms with Gasteiger partial charge in [0.2, 0.25) is 10.0 Å². The Balaban J connectivity index is 2.70. The van der Waals surface area contributed by atoms with Crippen LogP contribution in [0.25, 0.3) is 11.1 Å². The van der Waals surface area contributed by atoms with Gasteiger partial charge in [0.25, 0.3) is 5.69 Å². The minimum atomic E-state index is -3.83. The molecule has 0 bridgehead atoms. The standard InChI is InChI=1S/C13H11BrN2O4S/c1-8-5-10(16(17)18)7-12(13(8)14)9-3-2-4-11(6-9)21(15,19)20/h2-7H,1H3,(H2,15,19,20). The molecule has 0 aliphatic carbocycles. The molecule has 0 spiro atoms. The van der Waals surface area contributed by atoms with E-state index >= 15 is 0 Å². The number of hydrogen-bond acceptors (Lipinski definition) is 4. The first-order valence-corrected chi connectivity index (χ1v) is 8.12. The van der Waals surface area contributed by atoms with Gasteiger partial charge in [0, 0.05) is 22.2 Å². The smallest absolute Gasteiger partial charge is 0.258 e. The number of primary sulfonamides is 1. The Kier molecular flexibility index (Phi) is 4.13. The van der Waals surface area contributed by atoms with Crippen molar-refractivity contribution in [1.29, 1.82) is 0 Å². The molecule has 2 rings (SSSR count). The van der Waals surface area contributed by atoms with Gasteiger partial charge in [0.15, 0.2) is 0 Å². The maximum Gasteiger partial charge on any atom is 0.270 e. The minimum Gasteiger partial charge on any atom is -0.258 e. The van der Waals surface area contributed by atoms with Crippen molar-refractivity contribution < 1.29 is 13.3 Å². The highest BCUT2D eigenvalue weighted by Crippen LogP contribution is 2.35. The summed E-state index contributed by atoms with van der Waals surface area (Å²) in [6.45, 7) is 1.73. The third-order valence-corrected chi connectivity index (χ3v) is 4.89. The van der Waals surface area contributed by atoms with E-state index in [4.69, 9.17) is 5.14 Å². The maximum absolute atomic E-state index is 11.4. The summed E-state index contributed by atoms with van der Waals surface area (Å²) in [6.07, 6.45) is 0. The Morgan fingerprint density at radius 3 is 2.48 bits per heavy atom. The van der Waals surface area contributed by atoms with Gasteiger partial charge in [0.1, 0.15) is 0 Å². The number of aryl methyl sites for hydroxylation is 1. The Labute approximate surface area is 129 Å². The van der Waals surface area contributed by atoms with E-state index in [9.17, 15) is 18.5 Å². The van der Waals surface area contributed by atoms with Gasteiger partial charge in [-0.05, 0) is 46.1 Å². The average Bonchev–Trinajstić information content (AvgIpc) is 2.40. The third kappa shape index (κ3) is 3.29. The van der Waals surface area contributed by atoms with Gasteiger partial charge in [-0.15, -0.1) is 0 Å². The number of nitro benzene ring substituents is 1. The average molecular weight is 371 g/mol. The lowest BCUT2D eigenvalue weighted by molar-refractivity contribution is -0.384. The quantitative estimate of drug-likeness (QED) is 0.662. The molecule has 0 aromatic heterocycles. The summed E-state index contributed by atoms with van der Waals surface area (Å²) in [5, 5.41) is 16.1. The Morgan fingerprint density at radius 2 is 1.90 bits per heavy atom. The Bertz CT molecular complexity index is 834. The van der Waals surface area contributed by atoms with Crippen LogP contribution in [0.1, 0.15) is 5.56 Å². The molecule has 6 nitrogen and oxygen atoms in total. The molecule has 0 atom stereocenters. The summed E-state index contributed by atoms with van der Waals surface area (Å²) in [5.74, 6) is 0. The number of benzene rings is 2. The summed E-state index contributed by atoms with van der Waals surface area (Å²) in [6, 6.07) is 8.79. The molecule has 2 aromatic rings. The maximum atomic E-state index is 11.4. The molecule has 2 aromatic carbocycles. The van der Waals surface area contributed by atoms with Crippen LogP contribution in [-0.2, 0) is 10.0 Å². The molecule has 0 saturated carbocycles. The molecule has 0 saturated heterocycles. The SMILES string of the molecule is Cc1cc([N+](=O)[O-])cc(-c2cccc(S(N)(=O)=O)c2)c1Br. The molecule has 21 heavy (non-hydrogen) atoms. The molecule has 0 unspecified atom stereocenters. The van der Waals surface area contributed by atoms with E-state index in [0.29, 0.717) is 21.2 Å². The summed E-state index contributed by atoms with van der Waals surface area (Å²) >= 11 is 3.37. The van der Waals surface area contributed by atoms with Crippen molar-refractivity contribution in [1.82, 2.24) is 0 Å². The van der Waals surface area contributed by atoms with E-state index in [1.807, 2.05) is 0 Å². The van der Waals surface area contributed by atoms with Crippen LogP contribution in [0.3, 0.4) is 0 Å². The fourth-order valence-corrected chi connectivity index (χ4v) is 2.92. The van der Waals surface area contributed by atoms with E-state index in [0.717, 1.165) is 0 Å². The van der Waals surface area contributed by atoms with Crippen LogP contribution in [0.4, 0.5) is 5.69 Å². The van der Waals surface area contributed by atoms with Crippen LogP contribution < -0.4 is 5.14 Å². The van der Waals surface area contributed by atoms with Crippen LogP contribution in [0, 0.1) is 17.0 Å².